The fraction of sp³-hybridized carbons (Fsp3) is 0.577. The largest absolute Gasteiger partial charge is 0.481 e. The van der Waals surface area contributed by atoms with E-state index in [1.807, 2.05) is 16.8 Å². The van der Waals surface area contributed by atoms with Crippen LogP contribution in [0.4, 0.5) is 10.5 Å². The number of nitrogens with zero attached hydrogens (tertiary/aromatic N) is 5. The van der Waals surface area contributed by atoms with Crippen molar-refractivity contribution < 1.29 is 33.8 Å². The molecule has 212 valence electrons. The molecule has 0 aliphatic carbocycles. The fourth-order valence-electron chi connectivity index (χ4n) is 5.04. The molecule has 3 aliphatic rings. The highest BCUT2D eigenvalue weighted by molar-refractivity contribution is 5.98. The number of piperidine rings is 1. The average Bonchev–Trinajstić information content (AvgIpc) is 3.26. The third-order valence-corrected chi connectivity index (χ3v) is 7.31. The van der Waals surface area contributed by atoms with Crippen LogP contribution in [0.2, 0.25) is 0 Å². The maximum absolute atomic E-state index is 12.6. The van der Waals surface area contributed by atoms with Gasteiger partial charge in [-0.05, 0) is 51.1 Å². The summed E-state index contributed by atoms with van der Waals surface area (Å²) < 4.78 is 10.5. The number of aliphatic carboxylic acids is 1. The number of amides is 2. The van der Waals surface area contributed by atoms with Crippen LogP contribution in [0.1, 0.15) is 25.3 Å². The second kappa shape index (κ2) is 12.4. The van der Waals surface area contributed by atoms with Crippen molar-refractivity contribution in [3.63, 3.8) is 0 Å². The third kappa shape index (κ3) is 7.03. The minimum atomic E-state index is -0.815. The standard InChI is InChI=1S/C26H36N6O7/c1-3-38-23(34)16-31-11-10-30(15-22(31)33)13-20-14-32(26(37)39-20)19-6-4-17(5-7-19)24(27)28-21-12-18(25(35)36)8-9-29(21)2/h4-7,18,20-21H,3,8-16H2,1-2H3,(H2,27,28)(H,35,36). The fourth-order valence-corrected chi connectivity index (χ4v) is 5.04. The molecule has 2 amide bonds. The van der Waals surface area contributed by atoms with Crippen molar-refractivity contribution in [3.8, 4) is 0 Å². The van der Waals surface area contributed by atoms with Crippen molar-refractivity contribution in [1.82, 2.24) is 14.7 Å². The number of benzene rings is 1. The number of ether oxygens (including phenoxy) is 2. The van der Waals surface area contributed by atoms with Gasteiger partial charge < -0.3 is 25.2 Å². The molecule has 0 radical (unpaired) electrons. The summed E-state index contributed by atoms with van der Waals surface area (Å²) in [6.45, 7) is 4.42. The molecule has 13 heteroatoms. The van der Waals surface area contributed by atoms with Crippen LogP contribution in [-0.2, 0) is 23.9 Å². The minimum Gasteiger partial charge on any atom is -0.481 e. The van der Waals surface area contributed by atoms with Crippen molar-refractivity contribution in [2.24, 2.45) is 16.6 Å². The van der Waals surface area contributed by atoms with Gasteiger partial charge in [-0.3, -0.25) is 29.1 Å². The van der Waals surface area contributed by atoms with E-state index in [1.165, 1.54) is 9.80 Å². The monoisotopic (exact) mass is 544 g/mol. The highest BCUT2D eigenvalue weighted by Crippen LogP contribution is 2.25. The second-order valence-electron chi connectivity index (χ2n) is 10.1. The first-order valence-corrected chi connectivity index (χ1v) is 13.1. The zero-order valence-electron chi connectivity index (χ0n) is 22.3. The number of carboxylic acid groups (broad SMARTS) is 1. The average molecular weight is 545 g/mol. The summed E-state index contributed by atoms with van der Waals surface area (Å²) in [6, 6.07) is 7.08. The summed E-state index contributed by atoms with van der Waals surface area (Å²) in [6.07, 6.45) is -0.200. The lowest BCUT2D eigenvalue weighted by molar-refractivity contribution is -0.151. The number of rotatable bonds is 9. The number of nitrogens with two attached hydrogens (primary N) is 1. The number of carboxylic acids is 1. The molecule has 0 bridgehead atoms. The molecule has 3 N–H and O–H groups in total. The molecule has 13 nitrogen and oxygen atoms in total. The molecular formula is C26H36N6O7. The van der Waals surface area contributed by atoms with Gasteiger partial charge in [0, 0.05) is 37.4 Å². The van der Waals surface area contributed by atoms with Gasteiger partial charge >= 0.3 is 18.0 Å². The maximum atomic E-state index is 12.6. The van der Waals surface area contributed by atoms with E-state index in [9.17, 15) is 24.3 Å². The van der Waals surface area contributed by atoms with E-state index in [0.29, 0.717) is 62.7 Å². The van der Waals surface area contributed by atoms with Crippen LogP contribution in [-0.4, -0.2) is 121 Å². The smallest absolute Gasteiger partial charge is 0.414 e. The number of aliphatic imine (C=N–C) groups is 1. The highest BCUT2D eigenvalue weighted by atomic mass is 16.6. The number of anilines is 1. The summed E-state index contributed by atoms with van der Waals surface area (Å²) >= 11 is 0. The Morgan fingerprint density at radius 3 is 2.59 bits per heavy atom. The lowest BCUT2D eigenvalue weighted by Crippen LogP contribution is -2.53. The molecule has 0 spiro atoms. The Morgan fingerprint density at radius 2 is 1.92 bits per heavy atom. The molecule has 1 aromatic carbocycles. The summed E-state index contributed by atoms with van der Waals surface area (Å²) in [5.74, 6) is -1.54. The summed E-state index contributed by atoms with van der Waals surface area (Å²) in [5.41, 5.74) is 7.56. The Morgan fingerprint density at radius 1 is 1.18 bits per heavy atom. The van der Waals surface area contributed by atoms with E-state index in [4.69, 9.17) is 15.2 Å². The van der Waals surface area contributed by atoms with Crippen LogP contribution in [0.3, 0.4) is 0 Å². The van der Waals surface area contributed by atoms with Crippen LogP contribution < -0.4 is 10.6 Å². The van der Waals surface area contributed by atoms with Crippen LogP contribution in [0.5, 0.6) is 0 Å². The Bertz CT molecular complexity index is 1110. The minimum absolute atomic E-state index is 0.0574. The van der Waals surface area contributed by atoms with Crippen LogP contribution in [0.25, 0.3) is 0 Å². The first-order chi connectivity index (χ1) is 18.6. The molecule has 4 rings (SSSR count). The molecule has 0 saturated carbocycles. The quantitative estimate of drug-likeness (QED) is 0.249. The van der Waals surface area contributed by atoms with Crippen molar-refractivity contribution in [3.05, 3.63) is 29.8 Å². The molecule has 3 atom stereocenters. The summed E-state index contributed by atoms with van der Waals surface area (Å²) in [5, 5.41) is 9.35. The summed E-state index contributed by atoms with van der Waals surface area (Å²) in [7, 11) is 1.90. The van der Waals surface area contributed by atoms with Crippen LogP contribution >= 0.6 is 0 Å². The zero-order valence-corrected chi connectivity index (χ0v) is 22.3. The summed E-state index contributed by atoms with van der Waals surface area (Å²) in [4.78, 5) is 59.6. The SMILES string of the molecule is CCOC(=O)CN1CCN(CC2CN(c3ccc(C(N)=NC4CC(C(=O)O)CCN4C)cc3)C(=O)O2)CC1=O. The number of hydrogen-bond acceptors (Lipinski definition) is 9. The highest BCUT2D eigenvalue weighted by Gasteiger charge is 2.36. The number of likely N-dealkylation sites (tertiary alicyclic amines) is 1. The van der Waals surface area contributed by atoms with Gasteiger partial charge in [-0.15, -0.1) is 0 Å². The molecule has 3 unspecified atom stereocenters. The Kier molecular flexibility index (Phi) is 9.02. The maximum Gasteiger partial charge on any atom is 0.414 e. The normalized spacial score (nSPS) is 25.1. The topological polar surface area (TPSA) is 158 Å². The van der Waals surface area contributed by atoms with E-state index in [2.05, 4.69) is 4.99 Å². The molecule has 3 saturated heterocycles. The molecule has 39 heavy (non-hydrogen) atoms. The zero-order chi connectivity index (χ0) is 28.1. The number of hydrogen-bond donors (Lipinski definition) is 2. The molecule has 3 aliphatic heterocycles. The number of carbonyl (C=O) groups excluding carboxylic acids is 3. The van der Waals surface area contributed by atoms with Crippen LogP contribution in [0.15, 0.2) is 29.3 Å². The first-order valence-electron chi connectivity index (χ1n) is 13.1. The molecule has 0 aromatic heterocycles. The predicted molar refractivity (Wildman–Crippen MR) is 141 cm³/mol. The lowest BCUT2D eigenvalue weighted by Gasteiger charge is -2.34. The van der Waals surface area contributed by atoms with Crippen molar-refractivity contribution in [1.29, 1.82) is 0 Å². The number of amidine groups is 1. The van der Waals surface area contributed by atoms with Gasteiger partial charge in [-0.1, -0.05) is 0 Å². The van der Waals surface area contributed by atoms with E-state index < -0.39 is 30.1 Å². The second-order valence-corrected chi connectivity index (χ2v) is 10.1. The first kappa shape index (κ1) is 28.3. The molecular weight excluding hydrogens is 508 g/mol. The van der Waals surface area contributed by atoms with Crippen molar-refractivity contribution in [2.75, 3.05) is 64.4 Å². The van der Waals surface area contributed by atoms with Gasteiger partial charge in [0.1, 0.15) is 24.7 Å². The van der Waals surface area contributed by atoms with Crippen LogP contribution in [0, 0.1) is 5.92 Å². The lowest BCUT2D eigenvalue weighted by atomic mass is 9.95. The molecule has 3 heterocycles. The Labute approximate surface area is 227 Å². The third-order valence-electron chi connectivity index (χ3n) is 7.31. The number of carbonyl (C=O) groups is 4. The van der Waals surface area contributed by atoms with Crippen molar-refractivity contribution >= 4 is 35.5 Å². The van der Waals surface area contributed by atoms with Gasteiger partial charge in [0.2, 0.25) is 5.91 Å². The van der Waals surface area contributed by atoms with Gasteiger partial charge in [-0.2, -0.15) is 0 Å². The molecule has 1 aromatic rings. The van der Waals surface area contributed by atoms with Gasteiger partial charge in [0.25, 0.3) is 0 Å². The van der Waals surface area contributed by atoms with E-state index in [1.54, 1.807) is 31.2 Å². The van der Waals surface area contributed by atoms with E-state index >= 15 is 0 Å². The van der Waals surface area contributed by atoms with Crippen molar-refractivity contribution in [2.45, 2.75) is 32.0 Å². The van der Waals surface area contributed by atoms with Gasteiger partial charge in [0.05, 0.1) is 25.6 Å². The molecule has 3 fully saturated rings. The van der Waals surface area contributed by atoms with Gasteiger partial charge in [-0.25, -0.2) is 9.79 Å². The Hall–Kier alpha value is -3.71. The number of piperazine rings is 1. The predicted octanol–water partition coefficient (Wildman–Crippen LogP) is 0.177. The number of esters is 1. The van der Waals surface area contributed by atoms with Gasteiger partial charge in [0.15, 0.2) is 0 Å². The van der Waals surface area contributed by atoms with E-state index in [0.717, 1.165) is 0 Å². The van der Waals surface area contributed by atoms with E-state index in [-0.39, 0.29) is 31.8 Å². The number of cyclic esters (lactones) is 1. The Balaban J connectivity index is 1.31.